The lowest BCUT2D eigenvalue weighted by Crippen LogP contribution is -2.48. The minimum atomic E-state index is -2.03. The predicted octanol–water partition coefficient (Wildman–Crippen LogP) is 5.04. The molecule has 13 nitrogen and oxygen atoms in total. The van der Waals surface area contributed by atoms with Crippen LogP contribution in [0.4, 0.5) is 0 Å². The molecule has 7 unspecified atom stereocenters. The molecule has 0 aromatic carbocycles. The van der Waals surface area contributed by atoms with Gasteiger partial charge < -0.3 is 23.1 Å². The van der Waals surface area contributed by atoms with Crippen LogP contribution in [0.2, 0.25) is 36.3 Å². The molecule has 3 saturated heterocycles. The van der Waals surface area contributed by atoms with Crippen molar-refractivity contribution in [1.82, 2.24) is 19.1 Å². The van der Waals surface area contributed by atoms with Crippen molar-refractivity contribution in [3.05, 3.63) is 77.5 Å². The monoisotopic (exact) mass is 720 g/mol. The molecule has 15 heteroatoms. The van der Waals surface area contributed by atoms with Crippen LogP contribution in [0.5, 0.6) is 0 Å². The molecule has 2 N–H and O–H groups in total. The highest BCUT2D eigenvalue weighted by atomic mass is 28.4. The summed E-state index contributed by atoms with van der Waals surface area (Å²) >= 11 is 0. The number of ether oxygens (including phenoxy) is 3. The number of aromatic amines is 2. The maximum Gasteiger partial charge on any atom is 0.331 e. The van der Waals surface area contributed by atoms with Crippen LogP contribution in [0.1, 0.15) is 79.0 Å². The first-order chi connectivity index (χ1) is 22.2. The van der Waals surface area contributed by atoms with Crippen LogP contribution in [0.3, 0.4) is 0 Å². The summed E-state index contributed by atoms with van der Waals surface area (Å²) in [5.41, 5.74) is -0.785. The number of H-pyrrole nitrogens is 2. The number of nitrogens with one attached hydrogen (secondary N) is 2. The second-order valence-corrected chi connectivity index (χ2v) is 26.4. The van der Waals surface area contributed by atoms with E-state index >= 15 is 0 Å². The Morgan fingerprint density at radius 2 is 1.22 bits per heavy atom. The lowest BCUT2D eigenvalue weighted by molar-refractivity contribution is -0.0962. The summed E-state index contributed by atoms with van der Waals surface area (Å²) in [5, 5.41) is 0.128. The van der Waals surface area contributed by atoms with Gasteiger partial charge in [0.1, 0.15) is 30.8 Å². The fourth-order valence-corrected chi connectivity index (χ4v) is 8.25. The summed E-state index contributed by atoms with van der Waals surface area (Å²) in [6.45, 7) is 33.6. The van der Waals surface area contributed by atoms with Crippen molar-refractivity contribution in [2.45, 2.75) is 136 Å². The molecule has 49 heavy (non-hydrogen) atoms. The van der Waals surface area contributed by atoms with Crippen molar-refractivity contribution in [2.24, 2.45) is 11.8 Å². The number of hydrogen-bond donors (Lipinski definition) is 2. The second-order valence-electron chi connectivity index (χ2n) is 16.9. The zero-order chi connectivity index (χ0) is 37.2. The Kier molecular flexibility index (Phi) is 10.4. The smallest absolute Gasteiger partial charge is 0.331 e. The maximum atomic E-state index is 12.3. The minimum Gasteiger partial charge on any atom is -0.472 e. The van der Waals surface area contributed by atoms with Gasteiger partial charge in [-0.05, 0) is 50.1 Å². The molecule has 0 bridgehead atoms. The van der Waals surface area contributed by atoms with Gasteiger partial charge in [-0.25, -0.2) is 9.59 Å². The van der Waals surface area contributed by atoms with E-state index in [2.05, 4.69) is 84.3 Å². The molecule has 3 fully saturated rings. The molecule has 0 amide bonds. The molecule has 2 aromatic heterocycles. The molecule has 3 aliphatic heterocycles. The first-order valence-corrected chi connectivity index (χ1v) is 22.7. The van der Waals surface area contributed by atoms with Crippen LogP contribution in [-0.4, -0.2) is 60.3 Å². The third-order valence-electron chi connectivity index (χ3n) is 10.9. The fraction of sp³-hybridized carbons (Fsp3) is 0.706. The van der Waals surface area contributed by atoms with Gasteiger partial charge in [-0.2, -0.15) is 0 Å². The second kappa shape index (κ2) is 13.1. The molecular formula is C34H56N4O9Si2. The molecular weight excluding hydrogens is 665 g/mol. The summed E-state index contributed by atoms with van der Waals surface area (Å²) in [7, 11) is -4.03. The molecule has 3 aliphatic rings. The lowest BCUT2D eigenvalue weighted by atomic mass is 10.0. The van der Waals surface area contributed by atoms with E-state index in [9.17, 15) is 19.2 Å². The molecule has 5 heterocycles. The highest BCUT2D eigenvalue weighted by molar-refractivity contribution is 6.74. The molecule has 5 rings (SSSR count). The average molecular weight is 721 g/mol. The summed E-state index contributed by atoms with van der Waals surface area (Å²) in [5.74, 6) is -0.411. The van der Waals surface area contributed by atoms with Crippen molar-refractivity contribution in [1.29, 1.82) is 0 Å². The van der Waals surface area contributed by atoms with E-state index in [1.807, 2.05) is 13.8 Å². The lowest BCUT2D eigenvalue weighted by Gasteiger charge is -2.39. The van der Waals surface area contributed by atoms with Gasteiger partial charge in [0.05, 0.1) is 0 Å². The summed E-state index contributed by atoms with van der Waals surface area (Å²) in [4.78, 5) is 52.3. The third kappa shape index (κ3) is 7.61. The van der Waals surface area contributed by atoms with Crippen LogP contribution in [-0.2, 0) is 23.1 Å². The van der Waals surface area contributed by atoms with Crippen molar-refractivity contribution >= 4 is 16.6 Å². The van der Waals surface area contributed by atoms with E-state index in [1.54, 1.807) is 20.0 Å². The van der Waals surface area contributed by atoms with Crippen molar-refractivity contribution in [3.63, 3.8) is 0 Å². The Morgan fingerprint density at radius 1 is 0.796 bits per heavy atom. The van der Waals surface area contributed by atoms with Gasteiger partial charge >= 0.3 is 11.4 Å². The molecule has 0 radical (unpaired) electrons. The fourth-order valence-electron chi connectivity index (χ4n) is 5.53. The van der Waals surface area contributed by atoms with Gasteiger partial charge in [-0.3, -0.25) is 28.7 Å². The molecule has 0 saturated carbocycles. The maximum absolute atomic E-state index is 12.3. The Hall–Kier alpha value is -2.83. The highest BCUT2D eigenvalue weighted by Gasteiger charge is 2.66. The van der Waals surface area contributed by atoms with E-state index in [4.69, 9.17) is 23.1 Å². The van der Waals surface area contributed by atoms with Crippen LogP contribution in [0.25, 0.3) is 0 Å². The van der Waals surface area contributed by atoms with Crippen LogP contribution in [0, 0.1) is 25.7 Å². The van der Waals surface area contributed by atoms with Crippen molar-refractivity contribution < 1.29 is 23.1 Å². The van der Waals surface area contributed by atoms with Gasteiger partial charge in [0.25, 0.3) is 11.1 Å². The molecule has 2 aromatic rings. The quantitative estimate of drug-likeness (QED) is 0.308. The number of epoxide rings is 1. The SMILES string of the molecule is C=C1OC(n2cc(C)c(=O)[nH]c2=O)C(C)C1O[Si](C)(C)C(C)(C)C.Cc1cn(C2OC3(CO3)C(O[Si](C)(C)C(C)(C)C)C2C)c(=O)[nH]c1=O. The first kappa shape index (κ1) is 39.0. The van der Waals surface area contributed by atoms with Crippen molar-refractivity contribution in [2.75, 3.05) is 6.61 Å². The van der Waals surface area contributed by atoms with E-state index in [0.29, 0.717) is 23.5 Å². The van der Waals surface area contributed by atoms with E-state index < -0.39 is 46.3 Å². The predicted molar refractivity (Wildman–Crippen MR) is 193 cm³/mol. The molecule has 1 spiro atoms. The minimum absolute atomic E-state index is 0.0618. The van der Waals surface area contributed by atoms with Gasteiger partial charge in [-0.1, -0.05) is 62.0 Å². The van der Waals surface area contributed by atoms with Crippen LogP contribution < -0.4 is 22.5 Å². The number of hydrogen-bond acceptors (Lipinski definition) is 9. The van der Waals surface area contributed by atoms with Crippen molar-refractivity contribution in [3.8, 4) is 0 Å². The largest absolute Gasteiger partial charge is 0.472 e. The number of rotatable bonds is 6. The Labute approximate surface area is 290 Å². The van der Waals surface area contributed by atoms with Gasteiger partial charge in [0.2, 0.25) is 5.79 Å². The normalized spacial score (nSPS) is 28.7. The number of aryl methyl sites for hydroxylation is 2. The first-order valence-electron chi connectivity index (χ1n) is 16.9. The van der Waals surface area contributed by atoms with Crippen LogP contribution >= 0.6 is 0 Å². The van der Waals surface area contributed by atoms with Gasteiger partial charge in [0.15, 0.2) is 22.9 Å². The van der Waals surface area contributed by atoms with Gasteiger partial charge in [-0.15, -0.1) is 0 Å². The number of nitrogens with zero attached hydrogens (tertiary/aromatic N) is 2. The standard InChI is InChI=1S/C17H28N2O5Si.C17H28N2O4Si/c1-10-8-19(15(21)18-13(10)20)14-11(2)12(17(23-14)9-22-17)24-25(6,7)16(3,4)5;1-10-9-19(16(21)18-14(10)20)15-11(2)13(12(3)22-15)23-24(7,8)17(4,5)6/h8,11-12,14H,9H2,1-7H3,(H,18,20,21);9,11,13,15H,3H2,1-2,4-8H3,(H,18,20,21). The van der Waals surface area contributed by atoms with E-state index in [0.717, 1.165) is 0 Å². The summed E-state index contributed by atoms with van der Waals surface area (Å²) in [6.07, 6.45) is 1.51. The highest BCUT2D eigenvalue weighted by Crippen LogP contribution is 2.53. The summed E-state index contributed by atoms with van der Waals surface area (Å²) < 4.78 is 33.5. The van der Waals surface area contributed by atoms with E-state index in [-0.39, 0.29) is 45.2 Å². The van der Waals surface area contributed by atoms with Gasteiger partial charge in [0, 0.05) is 35.4 Å². The molecule has 7 atom stereocenters. The third-order valence-corrected chi connectivity index (χ3v) is 19.8. The number of aromatic nitrogens is 4. The average Bonchev–Trinajstić information content (AvgIpc) is 3.63. The Morgan fingerprint density at radius 3 is 1.65 bits per heavy atom. The Bertz CT molecular complexity index is 1810. The Balaban J connectivity index is 0.000000221. The molecule has 0 aliphatic carbocycles. The topological polar surface area (TPSA) is 159 Å². The zero-order valence-corrected chi connectivity index (χ0v) is 33.6. The zero-order valence-electron chi connectivity index (χ0n) is 31.6. The summed E-state index contributed by atoms with van der Waals surface area (Å²) in [6, 6.07) is 0. The van der Waals surface area contributed by atoms with E-state index in [1.165, 1.54) is 15.3 Å². The molecule has 274 valence electrons. The van der Waals surface area contributed by atoms with Crippen LogP contribution in [0.15, 0.2) is 43.9 Å².